The van der Waals surface area contributed by atoms with Crippen LogP contribution in [0.5, 0.6) is 5.75 Å². The van der Waals surface area contributed by atoms with Gasteiger partial charge in [-0.1, -0.05) is 12.2 Å². The van der Waals surface area contributed by atoms with E-state index in [1.165, 1.54) is 0 Å². The molecular weight excluding hydrogens is 402 g/mol. The van der Waals surface area contributed by atoms with Crippen molar-refractivity contribution in [2.45, 2.75) is 84.8 Å². The fraction of sp³-hybridized carbons (Fsp3) is 0.556. The Balaban J connectivity index is 2.82. The molecule has 0 N–H and O–H groups in total. The summed E-state index contributed by atoms with van der Waals surface area (Å²) in [4.78, 5) is 16.8. The number of aromatic nitrogens is 1. The van der Waals surface area contributed by atoms with Gasteiger partial charge in [0.1, 0.15) is 0 Å². The lowest BCUT2D eigenvalue weighted by Crippen LogP contribution is -2.13. The van der Waals surface area contributed by atoms with Gasteiger partial charge in [-0.05, 0) is 52.4 Å². The molecule has 1 rings (SSSR count). The molecule has 0 saturated heterocycles. The zero-order chi connectivity index (χ0) is 23.4. The van der Waals surface area contributed by atoms with Crippen LogP contribution in [0.25, 0.3) is 0 Å². The maximum Gasteiger partial charge on any atom is 0.311 e. The number of carbonyl (C=O) groups excluding carboxylic acids is 1. The molecule has 32 heavy (non-hydrogen) atoms. The van der Waals surface area contributed by atoms with Gasteiger partial charge >= 0.3 is 5.97 Å². The largest absolute Gasteiger partial charge is 0.424 e. The standard InChI is InChI=1S/C27H37NO4/c1-5-8-11-14-17-26(29)32-27-23(4)28-20-24(21-30-18-15-12-9-6-2)25(27)22-31-19-16-13-10-7-3/h2-3,5,8,20H,9-19,21-22H2,1,4H3/b8-5-. The number of nitrogens with zero attached hydrogens (tertiary/aromatic N) is 1. The molecule has 0 amide bonds. The van der Waals surface area contributed by atoms with Gasteiger partial charge in [-0.15, -0.1) is 24.7 Å². The molecule has 0 spiro atoms. The maximum atomic E-state index is 12.4. The molecule has 0 aliphatic heterocycles. The predicted molar refractivity (Wildman–Crippen MR) is 128 cm³/mol. The zero-order valence-corrected chi connectivity index (χ0v) is 19.7. The molecule has 0 aromatic carbocycles. The number of hydrogen-bond donors (Lipinski definition) is 0. The predicted octanol–water partition coefficient (Wildman–Crippen LogP) is 5.68. The third kappa shape index (κ3) is 11.7. The number of hydrogen-bond acceptors (Lipinski definition) is 5. The molecule has 174 valence electrons. The summed E-state index contributed by atoms with van der Waals surface area (Å²) < 4.78 is 17.4. The monoisotopic (exact) mass is 439 g/mol. The maximum absolute atomic E-state index is 12.4. The molecule has 5 nitrogen and oxygen atoms in total. The number of allylic oxidation sites excluding steroid dienone is 2. The number of unbranched alkanes of at least 4 members (excludes halogenated alkanes) is 5. The topological polar surface area (TPSA) is 57.7 Å². The highest BCUT2D eigenvalue weighted by Crippen LogP contribution is 2.28. The van der Waals surface area contributed by atoms with Crippen molar-refractivity contribution in [1.29, 1.82) is 0 Å². The quantitative estimate of drug-likeness (QED) is 0.135. The van der Waals surface area contributed by atoms with Crippen LogP contribution in [0, 0.1) is 31.6 Å². The summed E-state index contributed by atoms with van der Waals surface area (Å²) in [5.41, 5.74) is 2.35. The average molecular weight is 440 g/mol. The number of carbonyl (C=O) groups is 1. The Hall–Kier alpha value is -2.60. The molecule has 5 heteroatoms. The number of terminal acetylenes is 2. The van der Waals surface area contributed by atoms with Crippen molar-refractivity contribution in [3.63, 3.8) is 0 Å². The lowest BCUT2D eigenvalue weighted by molar-refractivity contribution is -0.134. The van der Waals surface area contributed by atoms with Crippen molar-refractivity contribution >= 4 is 5.97 Å². The number of aryl methyl sites for hydroxylation is 1. The van der Waals surface area contributed by atoms with Gasteiger partial charge in [-0.3, -0.25) is 9.78 Å². The Labute approximate surface area is 193 Å². The molecule has 0 unspecified atom stereocenters. The summed E-state index contributed by atoms with van der Waals surface area (Å²) in [5.74, 6) is 5.49. The number of rotatable bonds is 17. The highest BCUT2D eigenvalue weighted by atomic mass is 16.5. The van der Waals surface area contributed by atoms with Crippen molar-refractivity contribution in [2.75, 3.05) is 13.2 Å². The van der Waals surface area contributed by atoms with Crippen LogP contribution in [0.1, 0.15) is 81.5 Å². The van der Waals surface area contributed by atoms with Crippen molar-refractivity contribution in [1.82, 2.24) is 4.98 Å². The minimum Gasteiger partial charge on any atom is -0.424 e. The number of esters is 1. The lowest BCUT2D eigenvalue weighted by Gasteiger charge is -2.17. The highest BCUT2D eigenvalue weighted by molar-refractivity contribution is 5.73. The van der Waals surface area contributed by atoms with Crippen LogP contribution in [0.2, 0.25) is 0 Å². The average Bonchev–Trinajstić information content (AvgIpc) is 2.79. The van der Waals surface area contributed by atoms with Gasteiger partial charge < -0.3 is 14.2 Å². The van der Waals surface area contributed by atoms with Gasteiger partial charge in [-0.2, -0.15) is 0 Å². The third-order valence-corrected chi connectivity index (χ3v) is 4.83. The van der Waals surface area contributed by atoms with Crippen molar-refractivity contribution < 1.29 is 19.0 Å². The molecule has 0 bridgehead atoms. The Kier molecular flexibility index (Phi) is 15.4. The van der Waals surface area contributed by atoms with E-state index in [1.807, 2.05) is 26.0 Å². The molecule has 0 aliphatic carbocycles. The van der Waals surface area contributed by atoms with Gasteiger partial charge in [0, 0.05) is 49.8 Å². The lowest BCUT2D eigenvalue weighted by atomic mass is 10.1. The van der Waals surface area contributed by atoms with Crippen molar-refractivity contribution in [3.05, 3.63) is 35.2 Å². The Bertz CT molecular complexity index is 786. The van der Waals surface area contributed by atoms with Crippen LogP contribution in [0.15, 0.2) is 18.3 Å². The first-order valence-corrected chi connectivity index (χ1v) is 11.5. The molecule has 0 atom stereocenters. The highest BCUT2D eigenvalue weighted by Gasteiger charge is 2.17. The van der Waals surface area contributed by atoms with Crippen LogP contribution >= 0.6 is 0 Å². The fourth-order valence-electron chi connectivity index (χ4n) is 3.01. The first-order chi connectivity index (χ1) is 15.6. The van der Waals surface area contributed by atoms with E-state index in [1.54, 1.807) is 6.20 Å². The van der Waals surface area contributed by atoms with E-state index in [2.05, 4.69) is 16.8 Å². The smallest absolute Gasteiger partial charge is 0.311 e. The zero-order valence-electron chi connectivity index (χ0n) is 19.7. The molecule has 1 aromatic heterocycles. The van der Waals surface area contributed by atoms with Crippen LogP contribution in [0.4, 0.5) is 0 Å². The van der Waals surface area contributed by atoms with E-state index in [0.29, 0.717) is 44.3 Å². The summed E-state index contributed by atoms with van der Waals surface area (Å²) in [7, 11) is 0. The summed E-state index contributed by atoms with van der Waals surface area (Å²) in [6.07, 6.45) is 23.5. The third-order valence-electron chi connectivity index (χ3n) is 4.83. The van der Waals surface area contributed by atoms with E-state index >= 15 is 0 Å². The Morgan fingerprint density at radius 1 is 1.03 bits per heavy atom. The van der Waals surface area contributed by atoms with Crippen LogP contribution in [0.3, 0.4) is 0 Å². The van der Waals surface area contributed by atoms with Crippen molar-refractivity contribution in [3.8, 4) is 30.4 Å². The van der Waals surface area contributed by atoms with Gasteiger partial charge in [0.25, 0.3) is 0 Å². The van der Waals surface area contributed by atoms with Gasteiger partial charge in [0.15, 0.2) is 5.75 Å². The van der Waals surface area contributed by atoms with E-state index in [9.17, 15) is 4.79 Å². The van der Waals surface area contributed by atoms with E-state index in [0.717, 1.165) is 62.5 Å². The fourth-order valence-corrected chi connectivity index (χ4v) is 3.01. The summed E-state index contributed by atoms with van der Waals surface area (Å²) in [5, 5.41) is 0. The molecule has 0 fully saturated rings. The summed E-state index contributed by atoms with van der Waals surface area (Å²) in [6, 6.07) is 0. The Morgan fingerprint density at radius 2 is 1.69 bits per heavy atom. The van der Waals surface area contributed by atoms with Crippen molar-refractivity contribution in [2.24, 2.45) is 0 Å². The second-order valence-corrected chi connectivity index (χ2v) is 7.54. The molecule has 1 aromatic rings. The number of pyridine rings is 1. The summed E-state index contributed by atoms with van der Waals surface area (Å²) >= 11 is 0. The first kappa shape index (κ1) is 27.4. The first-order valence-electron chi connectivity index (χ1n) is 11.5. The van der Waals surface area contributed by atoms with Gasteiger partial charge in [0.2, 0.25) is 0 Å². The van der Waals surface area contributed by atoms with Crippen LogP contribution in [-0.4, -0.2) is 24.2 Å². The van der Waals surface area contributed by atoms with E-state index in [-0.39, 0.29) is 5.97 Å². The molecule has 0 aliphatic rings. The minimum absolute atomic E-state index is 0.262. The molecule has 0 saturated carbocycles. The minimum atomic E-state index is -0.262. The van der Waals surface area contributed by atoms with Crippen LogP contribution < -0.4 is 4.74 Å². The van der Waals surface area contributed by atoms with Gasteiger partial charge in [0.05, 0.1) is 18.9 Å². The van der Waals surface area contributed by atoms with Crippen LogP contribution in [-0.2, 0) is 27.5 Å². The van der Waals surface area contributed by atoms with E-state index in [4.69, 9.17) is 27.1 Å². The second-order valence-electron chi connectivity index (χ2n) is 7.54. The molecular formula is C27H37NO4. The SMILES string of the molecule is C#CCCCCOCc1cnc(C)c(OC(=O)CCC/C=C\C)c1COCCCCC#C. The Morgan fingerprint density at radius 3 is 2.31 bits per heavy atom. The molecule has 0 radical (unpaired) electrons. The normalized spacial score (nSPS) is 10.8. The van der Waals surface area contributed by atoms with Gasteiger partial charge in [-0.25, -0.2) is 0 Å². The molecule has 1 heterocycles. The summed E-state index contributed by atoms with van der Waals surface area (Å²) in [6.45, 7) is 5.72. The van der Waals surface area contributed by atoms with E-state index < -0.39 is 0 Å². The number of ether oxygens (including phenoxy) is 3. The second kappa shape index (κ2) is 18.0.